The second-order valence-corrected chi connectivity index (χ2v) is 20.8. The molecule has 2 aromatic rings. The molecule has 0 bridgehead atoms. The van der Waals surface area contributed by atoms with E-state index in [0.717, 1.165) is 22.3 Å². The molecule has 7 rings (SSSR count). The van der Waals surface area contributed by atoms with E-state index in [1.807, 2.05) is 32.1 Å². The van der Waals surface area contributed by atoms with Gasteiger partial charge in [0.15, 0.2) is 0 Å². The number of rotatable bonds is 31. The van der Waals surface area contributed by atoms with E-state index < -0.39 is 47.0 Å². The van der Waals surface area contributed by atoms with Crippen molar-refractivity contribution >= 4 is 41.2 Å². The Kier molecular flexibility index (Phi) is 21.8. The molecule has 2 amide bonds. The highest BCUT2D eigenvalue weighted by molar-refractivity contribution is 5.91. The predicted octanol–water partition coefficient (Wildman–Crippen LogP) is 4.97. The number of fused-ring (bicyclic) bond motifs is 4. The fourth-order valence-electron chi connectivity index (χ4n) is 10.8. The minimum Gasteiger partial charge on any atom is -0.481 e. The number of nitrogens with zero attached hydrogens (tertiary/aromatic N) is 2. The molecule has 0 saturated heterocycles. The number of hydrogen-bond acceptors (Lipinski definition) is 16. The van der Waals surface area contributed by atoms with Crippen molar-refractivity contribution < 1.29 is 76.5 Å². The van der Waals surface area contributed by atoms with Crippen LogP contribution in [0.2, 0.25) is 0 Å². The highest BCUT2D eigenvalue weighted by Gasteiger charge is 2.47. The van der Waals surface area contributed by atoms with Crippen molar-refractivity contribution in [1.29, 1.82) is 0 Å². The third-order valence-corrected chi connectivity index (χ3v) is 15.6. The number of alkyl carbamates (subject to hydrolysis) is 1. The summed E-state index contributed by atoms with van der Waals surface area (Å²) >= 11 is 0. The van der Waals surface area contributed by atoms with Crippen LogP contribution in [-0.2, 0) is 82.1 Å². The molecule has 0 fully saturated rings. The van der Waals surface area contributed by atoms with Crippen LogP contribution in [0, 0.1) is 18.2 Å². The molecule has 78 heavy (non-hydrogen) atoms. The van der Waals surface area contributed by atoms with Crippen LogP contribution in [0.3, 0.4) is 0 Å². The van der Waals surface area contributed by atoms with E-state index in [1.54, 1.807) is 18.4 Å². The maximum absolute atomic E-state index is 15.5. The number of halogens is 1. The molecule has 1 aromatic carbocycles. The Bertz CT molecular complexity index is 2560. The van der Waals surface area contributed by atoms with E-state index in [9.17, 15) is 28.8 Å². The summed E-state index contributed by atoms with van der Waals surface area (Å²) < 4.78 is 62.3. The summed E-state index contributed by atoms with van der Waals surface area (Å²) in [6, 6.07) is 2.40. The third kappa shape index (κ3) is 15.1. The first-order chi connectivity index (χ1) is 37.5. The number of hydrogen-bond donors (Lipinski definition) is 5. The van der Waals surface area contributed by atoms with Gasteiger partial charge >= 0.3 is 24.0 Å². The number of allylic oxidation sites excluding steroid dienone is 1. The number of esters is 1. The highest BCUT2D eigenvalue weighted by Crippen LogP contribution is 2.51. The Morgan fingerprint density at radius 3 is 2.06 bits per heavy atom. The monoisotopic (exact) mass is 1100 g/mol. The fraction of sp³-hybridized carbons (Fsp3) is 0.643. The van der Waals surface area contributed by atoms with Gasteiger partial charge in [-0.3, -0.25) is 28.9 Å². The van der Waals surface area contributed by atoms with Crippen LogP contribution in [0.5, 0.6) is 0 Å². The molecule has 5 N–H and O–H groups in total. The molecule has 21 nitrogen and oxygen atoms in total. The summed E-state index contributed by atoms with van der Waals surface area (Å²) in [6.45, 7) is 13.3. The van der Waals surface area contributed by atoms with Gasteiger partial charge < -0.3 is 68.6 Å². The van der Waals surface area contributed by atoms with Crippen LogP contribution in [0.15, 0.2) is 34.7 Å². The number of aromatic nitrogens is 1. The van der Waals surface area contributed by atoms with Gasteiger partial charge in [-0.2, -0.15) is 0 Å². The van der Waals surface area contributed by atoms with Crippen LogP contribution in [0.1, 0.15) is 112 Å². The van der Waals surface area contributed by atoms with Gasteiger partial charge in [0.2, 0.25) is 5.91 Å². The Balaban J connectivity index is 0.851. The van der Waals surface area contributed by atoms with E-state index >= 15 is 4.39 Å². The summed E-state index contributed by atoms with van der Waals surface area (Å²) in [5, 5.41) is 27.2. The molecule has 0 radical (unpaired) electrons. The lowest BCUT2D eigenvalue weighted by molar-refractivity contribution is -0.153. The Morgan fingerprint density at radius 2 is 1.45 bits per heavy atom. The highest BCUT2D eigenvalue weighted by atomic mass is 19.1. The summed E-state index contributed by atoms with van der Waals surface area (Å²) in [5.74, 6) is -2.67. The van der Waals surface area contributed by atoms with Gasteiger partial charge in [-0.05, 0) is 105 Å². The van der Waals surface area contributed by atoms with E-state index in [4.69, 9.17) is 48.1 Å². The van der Waals surface area contributed by atoms with Gasteiger partial charge in [-0.1, -0.05) is 19.9 Å². The third-order valence-electron chi connectivity index (χ3n) is 15.6. The fourth-order valence-corrected chi connectivity index (χ4v) is 10.8. The average molecular weight is 1100 g/mol. The van der Waals surface area contributed by atoms with E-state index in [-0.39, 0.29) is 69.1 Å². The first-order valence-electron chi connectivity index (χ1n) is 27.3. The van der Waals surface area contributed by atoms with Crippen LogP contribution in [-0.4, -0.2) is 167 Å². The number of ether oxygens (including phenoxy) is 8. The number of carboxylic acids is 2. The van der Waals surface area contributed by atoms with Gasteiger partial charge in [-0.15, -0.1) is 0 Å². The lowest BCUT2D eigenvalue weighted by Gasteiger charge is -2.38. The van der Waals surface area contributed by atoms with Crippen molar-refractivity contribution in [1.82, 2.24) is 20.1 Å². The maximum atomic E-state index is 15.5. The molecule has 0 spiro atoms. The molecular weight excluding hydrogens is 1020 g/mol. The number of anilines is 1. The molecule has 5 aliphatic rings. The Labute approximate surface area is 454 Å². The molecule has 1 unspecified atom stereocenters. The Hall–Kier alpha value is -5.75. The molecule has 430 valence electrons. The first kappa shape index (κ1) is 59.9. The minimum absolute atomic E-state index is 0.0654. The zero-order valence-corrected chi connectivity index (χ0v) is 45.5. The molecule has 1 aromatic heterocycles. The minimum atomic E-state index is -0.997. The number of carbonyl (C=O) groups excluding carboxylic acids is 3. The predicted molar refractivity (Wildman–Crippen MR) is 283 cm³/mol. The number of carboxylic acid groups (broad SMARTS) is 2. The van der Waals surface area contributed by atoms with Gasteiger partial charge in [0.25, 0.3) is 5.56 Å². The number of cyclic esters (lactones) is 1. The standard InChI is InChI=1S/C56H78FN5O16/c1-5-56(4)41-32-45-50-39(34-62(45)51(67)40(41)35-77-53(56)69)49-43(10-9-38-36(2)42(57)33-44(59-50)48(38)49)60-54(70)78-37-8-6-7-14-55(3,15-11-37)52(68)58-16-22-73-28-31-76-25-19-61(17-23-74-29-26-71-20-12-46(63)64)18-24-75-30-27-72-21-13-47(65)66/h6,8,32-33,37,43,50,59H,5,7,9-31,34-35H2,1-4H3,(H,58,68)(H,60,70)(H,63,64)(H,65,66)/b8-6+/t37-,43-,50?,55+,56+/m0/s1. The largest absolute Gasteiger partial charge is 0.481 e. The van der Waals surface area contributed by atoms with E-state index in [1.165, 1.54) is 6.07 Å². The second-order valence-electron chi connectivity index (χ2n) is 20.8. The zero-order chi connectivity index (χ0) is 55.8. The molecule has 2 aliphatic carbocycles. The van der Waals surface area contributed by atoms with Crippen LogP contribution < -0.4 is 21.5 Å². The Morgan fingerprint density at radius 1 is 0.833 bits per heavy atom. The lowest BCUT2D eigenvalue weighted by atomic mass is 9.74. The summed E-state index contributed by atoms with van der Waals surface area (Å²) in [7, 11) is 0. The number of nitrogens with one attached hydrogen (secondary N) is 3. The van der Waals surface area contributed by atoms with Crippen LogP contribution >= 0.6 is 0 Å². The summed E-state index contributed by atoms with van der Waals surface area (Å²) in [5.41, 5.74) is 4.35. The van der Waals surface area contributed by atoms with Crippen molar-refractivity contribution in [3.63, 3.8) is 0 Å². The normalized spacial score (nSPS) is 22.5. The molecule has 5 atom stereocenters. The van der Waals surface area contributed by atoms with Gasteiger partial charge in [0, 0.05) is 48.5 Å². The average Bonchev–Trinajstić information content (AvgIpc) is 3.97. The number of benzene rings is 1. The lowest BCUT2D eigenvalue weighted by Crippen LogP contribution is -2.43. The number of aliphatic carboxylic acids is 2. The van der Waals surface area contributed by atoms with Crippen molar-refractivity contribution in [2.75, 3.05) is 111 Å². The topological polar surface area (TPSA) is 261 Å². The second kappa shape index (κ2) is 28.4. The first-order valence-corrected chi connectivity index (χ1v) is 27.3. The SMILES string of the molecule is CC[C@@]1(C)C(=O)OCc2c1cc1n(c2=O)CC2=C3c4c(cc(F)c(C)c4CC[C@@H]3NC(=O)O[C@H]3/C=C/CC[C@@](C)(C(=O)NCCOCCOCCN(CCOCCOCCC(=O)O)CCOCCOCCC(=O)O)CC3)NC21. The number of carbonyl (C=O) groups is 5. The molecular formula is C56H78FN5O16. The molecule has 4 heterocycles. The van der Waals surface area contributed by atoms with E-state index in [0.29, 0.717) is 159 Å². The summed E-state index contributed by atoms with van der Waals surface area (Å²) in [4.78, 5) is 78.3. The van der Waals surface area contributed by atoms with Crippen molar-refractivity contribution in [2.24, 2.45) is 5.41 Å². The van der Waals surface area contributed by atoms with Crippen LogP contribution in [0.4, 0.5) is 14.9 Å². The van der Waals surface area contributed by atoms with Crippen LogP contribution in [0.25, 0.3) is 5.57 Å². The van der Waals surface area contributed by atoms with Crippen molar-refractivity contribution in [3.8, 4) is 0 Å². The number of amides is 2. The van der Waals surface area contributed by atoms with Crippen molar-refractivity contribution in [3.05, 3.63) is 79.5 Å². The molecule has 0 saturated carbocycles. The number of pyridine rings is 1. The van der Waals surface area contributed by atoms with Crippen molar-refractivity contribution in [2.45, 2.75) is 122 Å². The maximum Gasteiger partial charge on any atom is 0.408 e. The quantitative estimate of drug-likeness (QED) is 0.0379. The van der Waals surface area contributed by atoms with Gasteiger partial charge in [-0.25, -0.2) is 9.18 Å². The molecule has 22 heteroatoms. The van der Waals surface area contributed by atoms with Gasteiger partial charge in [0.05, 0.1) is 122 Å². The molecule has 3 aliphatic heterocycles. The van der Waals surface area contributed by atoms with Gasteiger partial charge in [0.1, 0.15) is 18.5 Å². The van der Waals surface area contributed by atoms with E-state index in [2.05, 4.69) is 20.9 Å². The summed E-state index contributed by atoms with van der Waals surface area (Å²) in [6.07, 6.45) is 6.00. The smallest absolute Gasteiger partial charge is 0.408 e. The zero-order valence-electron chi connectivity index (χ0n) is 45.5.